The van der Waals surface area contributed by atoms with Gasteiger partial charge in [0.25, 0.3) is 0 Å². The maximum atomic E-state index is 10.9. The van der Waals surface area contributed by atoms with Crippen LogP contribution in [-0.2, 0) is 14.3 Å². The molecule has 0 aromatic carbocycles. The topological polar surface area (TPSA) is 47.6 Å². The van der Waals surface area contributed by atoms with Crippen LogP contribution in [0.3, 0.4) is 0 Å². The zero-order valence-electron chi connectivity index (χ0n) is 9.79. The number of hydrogen-bond acceptors (Lipinski definition) is 4. The highest BCUT2D eigenvalue weighted by Gasteiger charge is 1.93. The Bertz CT molecular complexity index is 190. The number of rotatable bonds is 8. The van der Waals surface area contributed by atoms with Gasteiger partial charge < -0.3 is 14.8 Å². The number of ether oxygens (including phenoxy) is 2. The Morgan fingerprint density at radius 2 is 2.20 bits per heavy atom. The molecule has 4 heteroatoms. The molecule has 0 spiro atoms. The van der Waals surface area contributed by atoms with Crippen LogP contribution >= 0.6 is 0 Å². The summed E-state index contributed by atoms with van der Waals surface area (Å²) in [5, 5.41) is 3.12. The monoisotopic (exact) mass is 215 g/mol. The molecular formula is C11H21NO3. The van der Waals surface area contributed by atoms with Crippen LogP contribution in [0.4, 0.5) is 0 Å². The Balaban J connectivity index is 3.26. The molecule has 0 saturated heterocycles. The third-order valence-corrected chi connectivity index (χ3v) is 1.53. The van der Waals surface area contributed by atoms with Gasteiger partial charge in [0.1, 0.15) is 0 Å². The Morgan fingerprint density at radius 1 is 1.47 bits per heavy atom. The van der Waals surface area contributed by atoms with Crippen molar-refractivity contribution in [1.82, 2.24) is 5.32 Å². The van der Waals surface area contributed by atoms with Crippen molar-refractivity contribution < 1.29 is 14.3 Å². The molecule has 88 valence electrons. The molecular weight excluding hydrogens is 194 g/mol. The van der Waals surface area contributed by atoms with Crippen molar-refractivity contribution >= 4 is 5.97 Å². The highest BCUT2D eigenvalue weighted by Crippen LogP contribution is 1.85. The van der Waals surface area contributed by atoms with E-state index in [0.29, 0.717) is 19.8 Å². The smallest absolute Gasteiger partial charge is 0.330 e. The molecule has 0 bridgehead atoms. The van der Waals surface area contributed by atoms with Crippen molar-refractivity contribution in [2.75, 3.05) is 26.3 Å². The minimum Gasteiger partial charge on any atom is -0.463 e. The van der Waals surface area contributed by atoms with E-state index in [-0.39, 0.29) is 12.1 Å². The van der Waals surface area contributed by atoms with E-state index in [0.717, 1.165) is 6.54 Å². The Kier molecular flexibility index (Phi) is 9.11. The highest BCUT2D eigenvalue weighted by molar-refractivity contribution is 5.81. The minimum atomic E-state index is -0.294. The largest absolute Gasteiger partial charge is 0.463 e. The summed E-state index contributed by atoms with van der Waals surface area (Å²) >= 11 is 0. The lowest BCUT2D eigenvalue weighted by Gasteiger charge is -2.06. The molecule has 0 amide bonds. The van der Waals surface area contributed by atoms with Gasteiger partial charge in [0.15, 0.2) is 0 Å². The second kappa shape index (κ2) is 9.68. The van der Waals surface area contributed by atoms with E-state index in [4.69, 9.17) is 9.47 Å². The zero-order chi connectivity index (χ0) is 11.5. The van der Waals surface area contributed by atoms with E-state index in [1.54, 1.807) is 13.0 Å². The molecule has 0 heterocycles. The molecule has 0 aliphatic rings. The molecule has 4 nitrogen and oxygen atoms in total. The molecule has 0 radical (unpaired) electrons. The Hall–Kier alpha value is -0.870. The Labute approximate surface area is 91.6 Å². The number of carbonyl (C=O) groups excluding carboxylic acids is 1. The van der Waals surface area contributed by atoms with Crippen LogP contribution in [0.25, 0.3) is 0 Å². The van der Waals surface area contributed by atoms with Gasteiger partial charge in [0, 0.05) is 19.2 Å². The van der Waals surface area contributed by atoms with Crippen LogP contribution in [0, 0.1) is 0 Å². The SMILES string of the molecule is CCOC(=O)/C=C/CNCCOC(C)C. The van der Waals surface area contributed by atoms with Gasteiger partial charge in [-0.15, -0.1) is 0 Å². The first-order valence-electron chi connectivity index (χ1n) is 5.32. The van der Waals surface area contributed by atoms with E-state index in [1.807, 2.05) is 13.8 Å². The van der Waals surface area contributed by atoms with Gasteiger partial charge >= 0.3 is 5.97 Å². The van der Waals surface area contributed by atoms with Crippen molar-refractivity contribution in [2.24, 2.45) is 0 Å². The quantitative estimate of drug-likeness (QED) is 0.374. The van der Waals surface area contributed by atoms with Gasteiger partial charge in [-0.1, -0.05) is 6.08 Å². The highest BCUT2D eigenvalue weighted by atomic mass is 16.5. The van der Waals surface area contributed by atoms with Gasteiger partial charge in [-0.25, -0.2) is 4.79 Å². The van der Waals surface area contributed by atoms with Gasteiger partial charge in [0.05, 0.1) is 19.3 Å². The van der Waals surface area contributed by atoms with Gasteiger partial charge in [0.2, 0.25) is 0 Å². The summed E-state index contributed by atoms with van der Waals surface area (Å²) in [6, 6.07) is 0. The van der Waals surface area contributed by atoms with E-state index >= 15 is 0 Å². The molecule has 1 N–H and O–H groups in total. The second-order valence-corrected chi connectivity index (χ2v) is 3.28. The van der Waals surface area contributed by atoms with E-state index in [1.165, 1.54) is 6.08 Å². The maximum absolute atomic E-state index is 10.9. The minimum absolute atomic E-state index is 0.266. The normalized spacial score (nSPS) is 11.2. The van der Waals surface area contributed by atoms with Crippen LogP contribution in [0.1, 0.15) is 20.8 Å². The first kappa shape index (κ1) is 14.1. The van der Waals surface area contributed by atoms with Gasteiger partial charge in [-0.2, -0.15) is 0 Å². The van der Waals surface area contributed by atoms with Crippen LogP contribution < -0.4 is 5.32 Å². The fourth-order valence-corrected chi connectivity index (χ4v) is 0.898. The van der Waals surface area contributed by atoms with Crippen LogP contribution in [0.5, 0.6) is 0 Å². The van der Waals surface area contributed by atoms with Crippen molar-refractivity contribution in [3.63, 3.8) is 0 Å². The summed E-state index contributed by atoms with van der Waals surface area (Å²) in [6.45, 7) is 8.32. The van der Waals surface area contributed by atoms with E-state index < -0.39 is 0 Å². The molecule has 0 aromatic heterocycles. The lowest BCUT2D eigenvalue weighted by Crippen LogP contribution is -2.21. The van der Waals surface area contributed by atoms with Crippen LogP contribution in [0.15, 0.2) is 12.2 Å². The molecule has 0 unspecified atom stereocenters. The number of esters is 1. The zero-order valence-corrected chi connectivity index (χ0v) is 9.79. The lowest BCUT2D eigenvalue weighted by atomic mass is 10.4. The average molecular weight is 215 g/mol. The second-order valence-electron chi connectivity index (χ2n) is 3.28. The summed E-state index contributed by atoms with van der Waals surface area (Å²) in [7, 11) is 0. The third kappa shape index (κ3) is 11.1. The van der Waals surface area contributed by atoms with E-state index in [9.17, 15) is 4.79 Å². The first-order valence-corrected chi connectivity index (χ1v) is 5.32. The molecule has 0 rings (SSSR count). The molecule has 0 fully saturated rings. The van der Waals surface area contributed by atoms with Crippen molar-refractivity contribution in [1.29, 1.82) is 0 Å². The molecule has 0 aliphatic carbocycles. The third-order valence-electron chi connectivity index (χ3n) is 1.53. The molecule has 0 saturated carbocycles. The summed E-state index contributed by atoms with van der Waals surface area (Å²) in [5.41, 5.74) is 0. The van der Waals surface area contributed by atoms with Gasteiger partial charge in [-0.05, 0) is 20.8 Å². The summed E-state index contributed by atoms with van der Waals surface area (Å²) < 4.78 is 10.1. The standard InChI is InChI=1S/C11H21NO3/c1-4-14-11(13)6-5-7-12-8-9-15-10(2)3/h5-6,10,12H,4,7-9H2,1-3H3/b6-5+. The first-order chi connectivity index (χ1) is 7.16. The fraction of sp³-hybridized carbons (Fsp3) is 0.727. The van der Waals surface area contributed by atoms with Crippen LogP contribution in [-0.4, -0.2) is 38.4 Å². The number of hydrogen-bond donors (Lipinski definition) is 1. The number of carbonyl (C=O) groups is 1. The molecule has 0 atom stereocenters. The predicted molar refractivity (Wildman–Crippen MR) is 59.7 cm³/mol. The summed E-state index contributed by atoms with van der Waals surface area (Å²) in [6.07, 6.45) is 3.44. The van der Waals surface area contributed by atoms with Crippen molar-refractivity contribution in [3.8, 4) is 0 Å². The number of nitrogens with one attached hydrogen (secondary N) is 1. The van der Waals surface area contributed by atoms with Gasteiger partial charge in [-0.3, -0.25) is 0 Å². The molecule has 0 aromatic rings. The fourth-order valence-electron chi connectivity index (χ4n) is 0.898. The maximum Gasteiger partial charge on any atom is 0.330 e. The van der Waals surface area contributed by atoms with Crippen molar-refractivity contribution in [3.05, 3.63) is 12.2 Å². The summed E-state index contributed by atoms with van der Waals surface area (Å²) in [4.78, 5) is 10.9. The predicted octanol–water partition coefficient (Wildman–Crippen LogP) is 1.12. The molecule has 0 aliphatic heterocycles. The lowest BCUT2D eigenvalue weighted by molar-refractivity contribution is -0.137. The van der Waals surface area contributed by atoms with Crippen molar-refractivity contribution in [2.45, 2.75) is 26.9 Å². The Morgan fingerprint density at radius 3 is 2.80 bits per heavy atom. The van der Waals surface area contributed by atoms with Crippen LogP contribution in [0.2, 0.25) is 0 Å². The average Bonchev–Trinajstić information content (AvgIpc) is 2.16. The van der Waals surface area contributed by atoms with E-state index in [2.05, 4.69) is 5.32 Å². The molecule has 15 heavy (non-hydrogen) atoms. The summed E-state index contributed by atoms with van der Waals surface area (Å²) in [5.74, 6) is -0.294.